The molecule has 1 rings (SSSR count). The van der Waals surface area contributed by atoms with Crippen molar-refractivity contribution in [3.05, 3.63) is 22.7 Å². The van der Waals surface area contributed by atoms with Crippen molar-refractivity contribution >= 4 is 36.1 Å². The van der Waals surface area contributed by atoms with E-state index in [9.17, 15) is 13.2 Å². The Kier molecular flexibility index (Phi) is 8.29. The standard InChI is InChI=1S/C20H34ClNO6SSi/c1-19(2,3)26-18(23)22-13-12-14-15(28-30(8,9)20(4,5)6)10-11-16(17(14)21)27-29(7,24)25/h10-11H,12-13H2,1-9H3,(H,22,23). The quantitative estimate of drug-likeness (QED) is 0.430. The molecule has 0 atom stereocenters. The molecule has 0 aliphatic rings. The summed E-state index contributed by atoms with van der Waals surface area (Å²) >= 11 is 6.49. The molecule has 1 N–H and O–H groups in total. The number of nitrogens with one attached hydrogen (secondary N) is 1. The Morgan fingerprint density at radius 2 is 1.63 bits per heavy atom. The van der Waals surface area contributed by atoms with Crippen LogP contribution in [0.3, 0.4) is 0 Å². The van der Waals surface area contributed by atoms with Crippen LogP contribution in [-0.4, -0.2) is 41.2 Å². The van der Waals surface area contributed by atoms with E-state index < -0.39 is 30.1 Å². The summed E-state index contributed by atoms with van der Waals surface area (Å²) in [4.78, 5) is 11.9. The maximum Gasteiger partial charge on any atom is 0.407 e. The summed E-state index contributed by atoms with van der Waals surface area (Å²) in [5.74, 6) is 0.576. The number of rotatable bonds is 7. The summed E-state index contributed by atoms with van der Waals surface area (Å²) in [5.41, 5.74) is -0.0413. The highest BCUT2D eigenvalue weighted by atomic mass is 35.5. The number of ether oxygens (including phenoxy) is 1. The fraction of sp³-hybridized carbons (Fsp3) is 0.650. The van der Waals surface area contributed by atoms with Gasteiger partial charge in [-0.3, -0.25) is 0 Å². The minimum Gasteiger partial charge on any atom is -0.543 e. The van der Waals surface area contributed by atoms with E-state index in [2.05, 4.69) is 39.2 Å². The zero-order valence-electron chi connectivity index (χ0n) is 19.3. The molecule has 0 radical (unpaired) electrons. The largest absolute Gasteiger partial charge is 0.543 e. The van der Waals surface area contributed by atoms with Crippen LogP contribution in [0.2, 0.25) is 23.2 Å². The van der Waals surface area contributed by atoms with Gasteiger partial charge in [0.05, 0.1) is 11.3 Å². The van der Waals surface area contributed by atoms with E-state index in [4.69, 9.17) is 24.9 Å². The number of benzene rings is 1. The molecule has 0 saturated carbocycles. The molecule has 1 aromatic carbocycles. The van der Waals surface area contributed by atoms with E-state index in [0.717, 1.165) is 6.26 Å². The van der Waals surface area contributed by atoms with Gasteiger partial charge in [-0.25, -0.2) is 4.79 Å². The molecule has 0 bridgehead atoms. The number of hydrogen-bond acceptors (Lipinski definition) is 6. The van der Waals surface area contributed by atoms with Gasteiger partial charge >= 0.3 is 16.2 Å². The predicted octanol–water partition coefficient (Wildman–Crippen LogP) is 5.13. The van der Waals surface area contributed by atoms with E-state index in [1.54, 1.807) is 26.8 Å². The monoisotopic (exact) mass is 479 g/mol. The molecule has 0 aromatic heterocycles. The fourth-order valence-electron chi connectivity index (χ4n) is 2.17. The Balaban J connectivity index is 3.19. The lowest BCUT2D eigenvalue weighted by molar-refractivity contribution is 0.0528. The summed E-state index contributed by atoms with van der Waals surface area (Å²) in [6.07, 6.45) is 0.713. The maximum absolute atomic E-state index is 11.9. The van der Waals surface area contributed by atoms with Crippen LogP contribution in [0, 0.1) is 0 Å². The molecular formula is C20H34ClNO6SSi. The maximum atomic E-state index is 11.9. The highest BCUT2D eigenvalue weighted by Crippen LogP contribution is 2.41. The SMILES string of the molecule is CC(C)(C)OC(=O)NCCc1c(O[Si](C)(C)C(C)(C)C)ccc(OS(C)(=O)=O)c1Cl. The number of amides is 1. The summed E-state index contributed by atoms with van der Waals surface area (Å²) in [7, 11) is -5.94. The molecule has 0 spiro atoms. The van der Waals surface area contributed by atoms with E-state index in [1.165, 1.54) is 6.07 Å². The van der Waals surface area contributed by atoms with Crippen LogP contribution in [0.1, 0.15) is 47.1 Å². The Labute approximate surface area is 186 Å². The van der Waals surface area contributed by atoms with Gasteiger partial charge < -0.3 is 18.7 Å². The first-order chi connectivity index (χ1) is 13.3. The van der Waals surface area contributed by atoms with Crippen molar-refractivity contribution in [1.82, 2.24) is 5.32 Å². The van der Waals surface area contributed by atoms with Crippen LogP contribution in [0.5, 0.6) is 11.5 Å². The molecule has 1 amide bonds. The molecule has 30 heavy (non-hydrogen) atoms. The molecule has 0 aliphatic carbocycles. The summed E-state index contributed by atoms with van der Waals surface area (Å²) < 4.78 is 39.8. The fourth-order valence-corrected chi connectivity index (χ4v) is 4.02. The van der Waals surface area contributed by atoms with Crippen molar-refractivity contribution < 1.29 is 26.6 Å². The second-order valence-corrected chi connectivity index (χ2v) is 16.4. The molecule has 1 aromatic rings. The van der Waals surface area contributed by atoms with Crippen LogP contribution in [0.15, 0.2) is 12.1 Å². The normalized spacial score (nSPS) is 13.0. The molecule has 0 fully saturated rings. The third kappa shape index (κ3) is 8.35. The average Bonchev–Trinajstić information content (AvgIpc) is 2.48. The van der Waals surface area contributed by atoms with Gasteiger partial charge in [-0.2, -0.15) is 8.42 Å². The highest BCUT2D eigenvalue weighted by Gasteiger charge is 2.39. The van der Waals surface area contributed by atoms with Crippen molar-refractivity contribution in [3.63, 3.8) is 0 Å². The second-order valence-electron chi connectivity index (χ2n) is 9.68. The molecular weight excluding hydrogens is 446 g/mol. The van der Waals surface area contributed by atoms with Crippen molar-refractivity contribution in [2.24, 2.45) is 0 Å². The number of halogens is 1. The second kappa shape index (κ2) is 9.36. The Morgan fingerprint density at radius 3 is 2.10 bits per heavy atom. The molecule has 0 heterocycles. The average molecular weight is 480 g/mol. The van der Waals surface area contributed by atoms with Crippen LogP contribution < -0.4 is 13.9 Å². The lowest BCUT2D eigenvalue weighted by atomic mass is 10.1. The third-order valence-corrected chi connectivity index (χ3v) is 9.86. The number of carbonyl (C=O) groups is 1. The molecule has 10 heteroatoms. The van der Waals surface area contributed by atoms with Gasteiger partial charge in [-0.1, -0.05) is 32.4 Å². The molecule has 0 saturated heterocycles. The molecule has 172 valence electrons. The number of carbonyl (C=O) groups excluding carboxylic acids is 1. The lowest BCUT2D eigenvalue weighted by Gasteiger charge is -2.37. The first kappa shape index (κ1) is 26.6. The van der Waals surface area contributed by atoms with Crippen LogP contribution in [0.25, 0.3) is 0 Å². The Bertz CT molecular complexity index is 873. The Hall–Kier alpha value is -1.45. The highest BCUT2D eigenvalue weighted by molar-refractivity contribution is 7.86. The predicted molar refractivity (Wildman–Crippen MR) is 123 cm³/mol. The third-order valence-electron chi connectivity index (χ3n) is 4.62. The summed E-state index contributed by atoms with van der Waals surface area (Å²) in [6.45, 7) is 16.1. The van der Waals surface area contributed by atoms with Gasteiger partial charge in [0, 0.05) is 12.1 Å². The Morgan fingerprint density at radius 1 is 1.10 bits per heavy atom. The first-order valence-electron chi connectivity index (χ1n) is 9.69. The molecule has 0 aliphatic heterocycles. The van der Waals surface area contributed by atoms with Gasteiger partial charge in [0.15, 0.2) is 5.75 Å². The van der Waals surface area contributed by atoms with Crippen LogP contribution in [0.4, 0.5) is 4.79 Å². The first-order valence-corrected chi connectivity index (χ1v) is 14.8. The molecule has 7 nitrogen and oxygen atoms in total. The van der Waals surface area contributed by atoms with Crippen LogP contribution >= 0.6 is 11.6 Å². The van der Waals surface area contributed by atoms with Gasteiger partial charge in [-0.15, -0.1) is 0 Å². The minimum absolute atomic E-state index is 0.0222. The van der Waals surface area contributed by atoms with Crippen molar-refractivity contribution in [2.45, 2.75) is 71.7 Å². The topological polar surface area (TPSA) is 90.9 Å². The van der Waals surface area contributed by atoms with E-state index in [1.807, 2.05) is 0 Å². The van der Waals surface area contributed by atoms with Crippen LogP contribution in [-0.2, 0) is 21.3 Å². The van der Waals surface area contributed by atoms with Gasteiger partial charge in [0.25, 0.3) is 0 Å². The zero-order valence-corrected chi connectivity index (χ0v) is 21.9. The summed E-state index contributed by atoms with van der Waals surface area (Å²) in [6, 6.07) is 3.15. The van der Waals surface area contributed by atoms with Gasteiger partial charge in [0.2, 0.25) is 8.32 Å². The lowest BCUT2D eigenvalue weighted by Crippen LogP contribution is -2.44. The van der Waals surface area contributed by atoms with Gasteiger partial charge in [-0.05, 0) is 57.5 Å². The van der Waals surface area contributed by atoms with Crippen molar-refractivity contribution in [2.75, 3.05) is 12.8 Å². The number of hydrogen-bond donors (Lipinski definition) is 1. The van der Waals surface area contributed by atoms with E-state index in [0.29, 0.717) is 17.7 Å². The van der Waals surface area contributed by atoms with Crippen molar-refractivity contribution in [3.8, 4) is 11.5 Å². The summed E-state index contributed by atoms with van der Waals surface area (Å²) in [5, 5.41) is 2.77. The zero-order chi connectivity index (χ0) is 23.5. The van der Waals surface area contributed by atoms with Crippen molar-refractivity contribution in [1.29, 1.82) is 0 Å². The van der Waals surface area contributed by atoms with Gasteiger partial charge in [0.1, 0.15) is 11.4 Å². The smallest absolute Gasteiger partial charge is 0.407 e. The number of alkyl carbamates (subject to hydrolysis) is 1. The minimum atomic E-state index is -3.75. The van der Waals surface area contributed by atoms with E-state index >= 15 is 0 Å². The van der Waals surface area contributed by atoms with E-state index in [-0.39, 0.29) is 22.4 Å². The molecule has 0 unspecified atom stereocenters.